The molecule has 0 spiro atoms. The molecule has 24 heavy (non-hydrogen) atoms. The van der Waals surface area contributed by atoms with Crippen LogP contribution < -0.4 is 5.32 Å². The maximum atomic E-state index is 12.6. The van der Waals surface area contributed by atoms with Crippen LogP contribution in [0.4, 0.5) is 10.6 Å². The predicted molar refractivity (Wildman–Crippen MR) is 90.6 cm³/mol. The highest BCUT2D eigenvalue weighted by Gasteiger charge is 2.38. The van der Waals surface area contributed by atoms with Crippen LogP contribution in [0, 0.1) is 0 Å². The molecule has 1 fully saturated rings. The Morgan fingerprint density at radius 3 is 2.92 bits per heavy atom. The molecule has 7 nitrogen and oxygen atoms in total. The first-order valence-electron chi connectivity index (χ1n) is 8.17. The van der Waals surface area contributed by atoms with E-state index in [4.69, 9.17) is 0 Å². The van der Waals surface area contributed by atoms with Crippen molar-refractivity contribution in [3.05, 3.63) is 42.4 Å². The standard InChI is InChI=1S/C17H23N5O2/c1-17(2,24)14-7-5-11-21(14)16(23)20-15-8-10-19-22(15)12-13-6-3-4-9-18-13/h3-4,6,8-10,14,24H,5,7,11-12H2,1-2H3,(H,20,23). The van der Waals surface area contributed by atoms with Gasteiger partial charge in [0.15, 0.2) is 0 Å². The van der Waals surface area contributed by atoms with Crippen LogP contribution in [-0.4, -0.2) is 49.0 Å². The van der Waals surface area contributed by atoms with Crippen molar-refractivity contribution in [1.82, 2.24) is 19.7 Å². The van der Waals surface area contributed by atoms with Gasteiger partial charge in [0.1, 0.15) is 5.82 Å². The summed E-state index contributed by atoms with van der Waals surface area (Å²) in [6, 6.07) is 7.07. The van der Waals surface area contributed by atoms with Gasteiger partial charge in [-0.25, -0.2) is 9.48 Å². The second kappa shape index (κ2) is 6.60. The zero-order valence-electron chi connectivity index (χ0n) is 14.0. The van der Waals surface area contributed by atoms with Gasteiger partial charge >= 0.3 is 6.03 Å². The molecular formula is C17H23N5O2. The zero-order valence-corrected chi connectivity index (χ0v) is 14.0. The molecule has 2 aromatic heterocycles. The van der Waals surface area contributed by atoms with Gasteiger partial charge in [-0.3, -0.25) is 10.3 Å². The van der Waals surface area contributed by atoms with Crippen molar-refractivity contribution in [3.63, 3.8) is 0 Å². The Morgan fingerprint density at radius 2 is 2.21 bits per heavy atom. The molecule has 2 aromatic rings. The summed E-state index contributed by atoms with van der Waals surface area (Å²) in [5.74, 6) is 0.618. The third-order valence-electron chi connectivity index (χ3n) is 4.32. The van der Waals surface area contributed by atoms with Gasteiger partial charge in [0.05, 0.1) is 30.1 Å². The van der Waals surface area contributed by atoms with Crippen LogP contribution in [0.25, 0.3) is 0 Å². The Hall–Kier alpha value is -2.41. The molecule has 0 aliphatic carbocycles. The predicted octanol–water partition coefficient (Wildman–Crippen LogP) is 2.09. The number of hydrogen-bond donors (Lipinski definition) is 2. The first-order chi connectivity index (χ1) is 11.4. The van der Waals surface area contributed by atoms with E-state index in [1.165, 1.54) is 0 Å². The summed E-state index contributed by atoms with van der Waals surface area (Å²) in [4.78, 5) is 18.6. The lowest BCUT2D eigenvalue weighted by atomic mass is 9.97. The Morgan fingerprint density at radius 1 is 1.38 bits per heavy atom. The van der Waals surface area contributed by atoms with Crippen molar-refractivity contribution in [2.45, 2.75) is 44.9 Å². The molecule has 3 rings (SSSR count). The molecule has 1 aliphatic rings. The van der Waals surface area contributed by atoms with E-state index >= 15 is 0 Å². The number of pyridine rings is 1. The monoisotopic (exact) mass is 329 g/mol. The van der Waals surface area contributed by atoms with Crippen molar-refractivity contribution in [2.75, 3.05) is 11.9 Å². The highest BCUT2D eigenvalue weighted by atomic mass is 16.3. The SMILES string of the molecule is CC(C)(O)C1CCCN1C(=O)Nc1ccnn1Cc1ccccn1. The molecule has 1 aliphatic heterocycles. The minimum absolute atomic E-state index is 0.176. The van der Waals surface area contributed by atoms with E-state index in [0.29, 0.717) is 18.9 Å². The highest BCUT2D eigenvalue weighted by molar-refractivity contribution is 5.88. The summed E-state index contributed by atoms with van der Waals surface area (Å²) in [5.41, 5.74) is -0.0468. The summed E-state index contributed by atoms with van der Waals surface area (Å²) >= 11 is 0. The molecule has 0 radical (unpaired) electrons. The van der Waals surface area contributed by atoms with Crippen LogP contribution >= 0.6 is 0 Å². The summed E-state index contributed by atoms with van der Waals surface area (Å²) in [5, 5.41) is 17.4. The van der Waals surface area contributed by atoms with Crippen LogP contribution in [0.3, 0.4) is 0 Å². The van der Waals surface area contributed by atoms with Gasteiger partial charge in [-0.15, -0.1) is 0 Å². The molecule has 2 amide bonds. The van der Waals surface area contributed by atoms with Crippen LogP contribution in [0.15, 0.2) is 36.7 Å². The quantitative estimate of drug-likeness (QED) is 0.900. The van der Waals surface area contributed by atoms with E-state index in [1.807, 2.05) is 18.2 Å². The number of aromatic nitrogens is 3. The fourth-order valence-corrected chi connectivity index (χ4v) is 3.14. The molecule has 1 saturated heterocycles. The number of carbonyl (C=O) groups excluding carboxylic acids is 1. The zero-order chi connectivity index (χ0) is 17.2. The first-order valence-corrected chi connectivity index (χ1v) is 8.17. The second-order valence-corrected chi connectivity index (χ2v) is 6.63. The van der Waals surface area contributed by atoms with Gasteiger partial charge in [0, 0.05) is 18.8 Å². The van der Waals surface area contributed by atoms with E-state index < -0.39 is 5.60 Å². The molecule has 1 atom stereocenters. The lowest BCUT2D eigenvalue weighted by Crippen LogP contribution is -2.49. The summed E-state index contributed by atoms with van der Waals surface area (Å²) < 4.78 is 1.70. The van der Waals surface area contributed by atoms with Crippen LogP contribution in [-0.2, 0) is 6.54 Å². The van der Waals surface area contributed by atoms with E-state index in [0.717, 1.165) is 18.5 Å². The maximum Gasteiger partial charge on any atom is 0.323 e. The molecule has 1 unspecified atom stereocenters. The minimum Gasteiger partial charge on any atom is -0.388 e. The van der Waals surface area contributed by atoms with Crippen molar-refractivity contribution in [1.29, 1.82) is 0 Å². The largest absolute Gasteiger partial charge is 0.388 e. The molecule has 0 bridgehead atoms. The maximum absolute atomic E-state index is 12.6. The molecule has 0 aromatic carbocycles. The van der Waals surface area contributed by atoms with Crippen LogP contribution in [0.1, 0.15) is 32.4 Å². The molecule has 2 N–H and O–H groups in total. The van der Waals surface area contributed by atoms with Crippen LogP contribution in [0.5, 0.6) is 0 Å². The van der Waals surface area contributed by atoms with Crippen molar-refractivity contribution in [2.24, 2.45) is 0 Å². The third kappa shape index (κ3) is 3.56. The van der Waals surface area contributed by atoms with Crippen molar-refractivity contribution in [3.8, 4) is 0 Å². The average molecular weight is 329 g/mol. The lowest BCUT2D eigenvalue weighted by Gasteiger charge is -2.33. The second-order valence-electron chi connectivity index (χ2n) is 6.63. The summed E-state index contributed by atoms with van der Waals surface area (Å²) in [6.45, 7) is 4.62. The van der Waals surface area contributed by atoms with Gasteiger partial charge in [0.2, 0.25) is 0 Å². The number of amides is 2. The first kappa shape index (κ1) is 16.4. The van der Waals surface area contributed by atoms with E-state index in [1.54, 1.807) is 41.9 Å². The number of nitrogens with one attached hydrogen (secondary N) is 1. The normalized spacial score (nSPS) is 18.0. The Bertz CT molecular complexity index is 693. The number of likely N-dealkylation sites (tertiary alicyclic amines) is 1. The average Bonchev–Trinajstić information content (AvgIpc) is 3.17. The van der Waals surface area contributed by atoms with Crippen LogP contribution in [0.2, 0.25) is 0 Å². The Balaban J connectivity index is 1.70. The number of hydrogen-bond acceptors (Lipinski definition) is 4. The minimum atomic E-state index is -0.915. The number of anilines is 1. The number of carbonyl (C=O) groups is 1. The fourth-order valence-electron chi connectivity index (χ4n) is 3.14. The number of urea groups is 1. The molecule has 0 saturated carbocycles. The molecule has 7 heteroatoms. The highest BCUT2D eigenvalue weighted by Crippen LogP contribution is 2.27. The third-order valence-corrected chi connectivity index (χ3v) is 4.32. The summed E-state index contributed by atoms with van der Waals surface area (Å²) in [6.07, 6.45) is 5.09. The van der Waals surface area contributed by atoms with Gasteiger partial charge in [-0.05, 0) is 38.8 Å². The smallest absolute Gasteiger partial charge is 0.323 e. The van der Waals surface area contributed by atoms with E-state index in [2.05, 4.69) is 15.4 Å². The Labute approximate surface area is 141 Å². The topological polar surface area (TPSA) is 83.3 Å². The fraction of sp³-hybridized carbons (Fsp3) is 0.471. The lowest BCUT2D eigenvalue weighted by molar-refractivity contribution is 0.0117. The molecule has 128 valence electrons. The van der Waals surface area contributed by atoms with Crippen molar-refractivity contribution >= 4 is 11.8 Å². The van der Waals surface area contributed by atoms with Crippen molar-refractivity contribution < 1.29 is 9.90 Å². The number of rotatable bonds is 4. The molecule has 3 heterocycles. The van der Waals surface area contributed by atoms with E-state index in [9.17, 15) is 9.90 Å². The number of nitrogens with zero attached hydrogens (tertiary/aromatic N) is 4. The Kier molecular flexibility index (Phi) is 4.53. The van der Waals surface area contributed by atoms with Gasteiger partial charge in [0.25, 0.3) is 0 Å². The van der Waals surface area contributed by atoms with Gasteiger partial charge in [-0.1, -0.05) is 6.07 Å². The van der Waals surface area contributed by atoms with Gasteiger partial charge in [-0.2, -0.15) is 5.10 Å². The van der Waals surface area contributed by atoms with E-state index in [-0.39, 0.29) is 12.1 Å². The number of aliphatic hydroxyl groups is 1. The van der Waals surface area contributed by atoms with Gasteiger partial charge < -0.3 is 10.0 Å². The summed E-state index contributed by atoms with van der Waals surface area (Å²) in [7, 11) is 0. The molecular weight excluding hydrogens is 306 g/mol.